The van der Waals surface area contributed by atoms with Crippen LogP contribution in [-0.2, 0) is 17.8 Å². The molecular weight excluding hydrogens is 260 g/mol. The summed E-state index contributed by atoms with van der Waals surface area (Å²) in [6.45, 7) is 2.13. The van der Waals surface area contributed by atoms with Gasteiger partial charge in [0.15, 0.2) is 6.10 Å². The van der Waals surface area contributed by atoms with E-state index in [4.69, 9.17) is 9.84 Å². The summed E-state index contributed by atoms with van der Waals surface area (Å²) in [4.78, 5) is 27.6. The van der Waals surface area contributed by atoms with E-state index in [1.165, 1.54) is 6.92 Å². The van der Waals surface area contributed by atoms with E-state index in [2.05, 4.69) is 4.98 Å². The van der Waals surface area contributed by atoms with Crippen LogP contribution in [-0.4, -0.2) is 26.7 Å². The lowest BCUT2D eigenvalue weighted by atomic mass is 10.2. The minimum absolute atomic E-state index is 0.0871. The summed E-state index contributed by atoms with van der Waals surface area (Å²) in [6.07, 6.45) is 0.787. The molecule has 1 aromatic heterocycles. The molecule has 0 spiro atoms. The van der Waals surface area contributed by atoms with Gasteiger partial charge in [-0.25, -0.2) is 9.78 Å². The van der Waals surface area contributed by atoms with E-state index in [1.54, 1.807) is 22.8 Å². The Morgan fingerprint density at radius 2 is 2.30 bits per heavy atom. The Hall–Kier alpha value is -2.37. The lowest BCUT2D eigenvalue weighted by Crippen LogP contribution is -2.23. The number of aryl methyl sites for hydroxylation is 1. The molecule has 2 heterocycles. The Morgan fingerprint density at radius 3 is 3.05 bits per heavy atom. The predicted molar refractivity (Wildman–Crippen MR) is 72.0 cm³/mol. The van der Waals surface area contributed by atoms with Crippen molar-refractivity contribution in [2.45, 2.75) is 32.4 Å². The third kappa shape index (κ3) is 2.03. The maximum Gasteiger partial charge on any atom is 0.344 e. The molecule has 0 amide bonds. The normalized spacial score (nSPS) is 15.1. The quantitative estimate of drug-likeness (QED) is 0.909. The van der Waals surface area contributed by atoms with Crippen molar-refractivity contribution in [2.75, 3.05) is 0 Å². The van der Waals surface area contributed by atoms with Crippen LogP contribution in [0.4, 0.5) is 0 Å². The van der Waals surface area contributed by atoms with Crippen molar-refractivity contribution in [3.05, 3.63) is 34.4 Å². The van der Waals surface area contributed by atoms with Crippen LogP contribution in [0.15, 0.2) is 23.0 Å². The summed E-state index contributed by atoms with van der Waals surface area (Å²) in [6, 6.07) is 4.90. The molecule has 1 N–H and O–H groups in total. The summed E-state index contributed by atoms with van der Waals surface area (Å²) < 4.78 is 6.96. The molecule has 0 aliphatic carbocycles. The maximum absolute atomic E-state index is 12.3. The molecule has 0 bridgehead atoms. The number of aromatic nitrogens is 2. The molecular formula is C14H14N2O4. The van der Waals surface area contributed by atoms with E-state index in [1.807, 2.05) is 0 Å². The largest absolute Gasteiger partial charge is 0.479 e. The molecule has 1 aliphatic heterocycles. The van der Waals surface area contributed by atoms with Gasteiger partial charge in [0.25, 0.3) is 5.56 Å². The van der Waals surface area contributed by atoms with Crippen molar-refractivity contribution in [3.8, 4) is 5.75 Å². The number of hydrogen-bond donors (Lipinski definition) is 1. The van der Waals surface area contributed by atoms with Crippen molar-refractivity contribution in [3.63, 3.8) is 0 Å². The van der Waals surface area contributed by atoms with Gasteiger partial charge in [-0.3, -0.25) is 9.36 Å². The van der Waals surface area contributed by atoms with Crippen molar-refractivity contribution in [2.24, 2.45) is 0 Å². The fourth-order valence-corrected chi connectivity index (χ4v) is 2.39. The zero-order valence-corrected chi connectivity index (χ0v) is 11.0. The molecule has 0 unspecified atom stereocenters. The third-order valence-electron chi connectivity index (χ3n) is 3.45. The zero-order valence-electron chi connectivity index (χ0n) is 11.0. The number of carbonyl (C=O) groups is 1. The molecule has 0 saturated heterocycles. The Bertz CT molecular complexity index is 751. The van der Waals surface area contributed by atoms with Gasteiger partial charge in [0.05, 0.1) is 10.9 Å². The first-order valence-electron chi connectivity index (χ1n) is 6.49. The molecule has 1 atom stereocenters. The molecule has 6 heteroatoms. The molecule has 0 fully saturated rings. The first kappa shape index (κ1) is 12.7. The molecule has 1 aliphatic rings. The summed E-state index contributed by atoms with van der Waals surface area (Å²) >= 11 is 0. The van der Waals surface area contributed by atoms with Gasteiger partial charge < -0.3 is 9.84 Å². The number of nitrogens with zero attached hydrogens (tertiary/aromatic N) is 2. The van der Waals surface area contributed by atoms with Crippen LogP contribution in [0.2, 0.25) is 0 Å². The van der Waals surface area contributed by atoms with Gasteiger partial charge in [-0.2, -0.15) is 0 Å². The molecule has 6 nitrogen and oxygen atoms in total. The highest BCUT2D eigenvalue weighted by Crippen LogP contribution is 2.20. The van der Waals surface area contributed by atoms with Crippen LogP contribution < -0.4 is 10.3 Å². The lowest BCUT2D eigenvalue weighted by Gasteiger charge is -2.11. The highest BCUT2D eigenvalue weighted by molar-refractivity contribution is 5.79. The number of aliphatic carboxylic acids is 1. The van der Waals surface area contributed by atoms with Gasteiger partial charge in [0.2, 0.25) is 0 Å². The molecule has 1 aromatic carbocycles. The van der Waals surface area contributed by atoms with E-state index in [9.17, 15) is 9.59 Å². The number of fused-ring (bicyclic) bond motifs is 2. The molecule has 0 radical (unpaired) electrons. The standard InChI is InChI=1S/C14H14N2O4/c1-8(14(18)19)20-9-4-5-11-10(7-9)13(17)16-6-2-3-12(16)15-11/h4-5,7-8H,2-3,6H2,1H3,(H,18,19)/t8-/m1/s1. The average Bonchev–Trinajstić information content (AvgIpc) is 2.88. The molecule has 0 saturated carbocycles. The fraction of sp³-hybridized carbons (Fsp3) is 0.357. The number of carboxylic acid groups (broad SMARTS) is 1. The minimum Gasteiger partial charge on any atom is -0.479 e. The first-order valence-corrected chi connectivity index (χ1v) is 6.49. The Balaban J connectivity index is 2.07. The topological polar surface area (TPSA) is 81.4 Å². The second kappa shape index (κ2) is 4.63. The maximum atomic E-state index is 12.3. The van der Waals surface area contributed by atoms with Gasteiger partial charge in [-0.1, -0.05) is 0 Å². The smallest absolute Gasteiger partial charge is 0.344 e. The van der Waals surface area contributed by atoms with E-state index in [0.29, 0.717) is 23.2 Å². The number of hydrogen-bond acceptors (Lipinski definition) is 4. The van der Waals surface area contributed by atoms with Gasteiger partial charge in [0, 0.05) is 13.0 Å². The second-order valence-corrected chi connectivity index (χ2v) is 4.87. The summed E-state index contributed by atoms with van der Waals surface area (Å²) in [5.74, 6) is 0.133. The Labute approximate surface area is 114 Å². The zero-order chi connectivity index (χ0) is 14.3. The van der Waals surface area contributed by atoms with Crippen LogP contribution in [0.5, 0.6) is 5.75 Å². The van der Waals surface area contributed by atoms with Crippen molar-refractivity contribution in [1.82, 2.24) is 9.55 Å². The predicted octanol–water partition coefficient (Wildman–Crippen LogP) is 1.19. The summed E-state index contributed by atoms with van der Waals surface area (Å²) in [5, 5.41) is 9.30. The summed E-state index contributed by atoms with van der Waals surface area (Å²) in [7, 11) is 0. The number of benzene rings is 1. The Kier molecular flexibility index (Phi) is 2.93. The van der Waals surface area contributed by atoms with E-state index < -0.39 is 12.1 Å². The second-order valence-electron chi connectivity index (χ2n) is 4.87. The van der Waals surface area contributed by atoms with Crippen LogP contribution >= 0.6 is 0 Å². The average molecular weight is 274 g/mol. The SMILES string of the molecule is C[C@@H](Oc1ccc2nc3n(c(=O)c2c1)CCC3)C(=O)O. The summed E-state index contributed by atoms with van der Waals surface area (Å²) in [5.41, 5.74) is 0.536. The van der Waals surface area contributed by atoms with Gasteiger partial charge >= 0.3 is 5.97 Å². The number of rotatable bonds is 3. The highest BCUT2D eigenvalue weighted by Gasteiger charge is 2.17. The Morgan fingerprint density at radius 1 is 1.50 bits per heavy atom. The van der Waals surface area contributed by atoms with Crippen LogP contribution in [0.1, 0.15) is 19.2 Å². The number of carboxylic acids is 1. The van der Waals surface area contributed by atoms with Crippen molar-refractivity contribution >= 4 is 16.9 Å². The van der Waals surface area contributed by atoms with E-state index in [0.717, 1.165) is 18.7 Å². The molecule has 3 rings (SSSR count). The highest BCUT2D eigenvalue weighted by atomic mass is 16.5. The monoisotopic (exact) mass is 274 g/mol. The van der Waals surface area contributed by atoms with Crippen LogP contribution in [0.3, 0.4) is 0 Å². The molecule has 2 aromatic rings. The lowest BCUT2D eigenvalue weighted by molar-refractivity contribution is -0.144. The third-order valence-corrected chi connectivity index (χ3v) is 3.45. The van der Waals surface area contributed by atoms with E-state index >= 15 is 0 Å². The minimum atomic E-state index is -1.05. The van der Waals surface area contributed by atoms with Gasteiger partial charge in [-0.15, -0.1) is 0 Å². The van der Waals surface area contributed by atoms with Crippen molar-refractivity contribution < 1.29 is 14.6 Å². The first-order chi connectivity index (χ1) is 9.56. The van der Waals surface area contributed by atoms with E-state index in [-0.39, 0.29) is 5.56 Å². The molecule has 20 heavy (non-hydrogen) atoms. The van der Waals surface area contributed by atoms with Gasteiger partial charge in [0.1, 0.15) is 11.6 Å². The number of ether oxygens (including phenoxy) is 1. The fourth-order valence-electron chi connectivity index (χ4n) is 2.39. The van der Waals surface area contributed by atoms with Gasteiger partial charge in [-0.05, 0) is 31.5 Å². The molecule has 104 valence electrons. The van der Waals surface area contributed by atoms with Crippen molar-refractivity contribution in [1.29, 1.82) is 0 Å². The van der Waals surface area contributed by atoms with Crippen LogP contribution in [0, 0.1) is 0 Å². The van der Waals surface area contributed by atoms with Crippen LogP contribution in [0.25, 0.3) is 10.9 Å².